The molecule has 0 saturated carbocycles. The standard InChI is InChI=1S/C20H18F3N5O2/c1-2-30-19(29)12-4-3-5-15(10-12)28-18-16(24)17(25-11-26-18)27-14-8-6-13(7-9-14)20(21,22)23/h3-11H,2,24H2,1H3,(H2,25,26,27,28). The van der Waals surface area contributed by atoms with Gasteiger partial charge in [0.25, 0.3) is 0 Å². The molecule has 10 heteroatoms. The summed E-state index contributed by atoms with van der Waals surface area (Å²) in [6.07, 6.45) is -3.16. The monoisotopic (exact) mass is 417 g/mol. The molecule has 0 aliphatic carbocycles. The number of alkyl halides is 3. The first kappa shape index (κ1) is 20.9. The van der Waals surface area contributed by atoms with Crippen LogP contribution in [0, 0.1) is 0 Å². The average Bonchev–Trinajstić information content (AvgIpc) is 2.71. The van der Waals surface area contributed by atoms with Crippen molar-refractivity contribution in [3.8, 4) is 0 Å². The van der Waals surface area contributed by atoms with Crippen molar-refractivity contribution in [1.29, 1.82) is 0 Å². The summed E-state index contributed by atoms with van der Waals surface area (Å²) in [5.74, 6) is 0.0238. The number of hydrogen-bond donors (Lipinski definition) is 3. The molecule has 30 heavy (non-hydrogen) atoms. The van der Waals surface area contributed by atoms with Crippen LogP contribution >= 0.6 is 0 Å². The molecular weight excluding hydrogens is 399 g/mol. The number of anilines is 5. The molecule has 1 heterocycles. The Labute approximate surface area is 170 Å². The van der Waals surface area contributed by atoms with Gasteiger partial charge < -0.3 is 21.1 Å². The van der Waals surface area contributed by atoms with Crippen LogP contribution < -0.4 is 16.4 Å². The molecule has 0 radical (unpaired) electrons. The molecule has 0 saturated heterocycles. The SMILES string of the molecule is CCOC(=O)c1cccc(Nc2ncnc(Nc3ccc(C(F)(F)F)cc3)c2N)c1. The van der Waals surface area contributed by atoms with Crippen LogP contribution in [-0.4, -0.2) is 22.5 Å². The Morgan fingerprint density at radius 2 is 1.67 bits per heavy atom. The molecule has 0 bridgehead atoms. The number of nitrogens with zero attached hydrogens (tertiary/aromatic N) is 2. The van der Waals surface area contributed by atoms with Gasteiger partial charge in [0.15, 0.2) is 11.6 Å². The lowest BCUT2D eigenvalue weighted by Gasteiger charge is -2.13. The molecule has 156 valence electrons. The third kappa shape index (κ3) is 4.96. The van der Waals surface area contributed by atoms with Crippen molar-refractivity contribution >= 4 is 34.7 Å². The van der Waals surface area contributed by atoms with Crippen molar-refractivity contribution in [3.05, 3.63) is 66.0 Å². The molecule has 0 aliphatic rings. The normalized spacial score (nSPS) is 11.1. The number of hydrogen-bond acceptors (Lipinski definition) is 7. The number of carbonyl (C=O) groups excluding carboxylic acids is 1. The van der Waals surface area contributed by atoms with Gasteiger partial charge in [-0.25, -0.2) is 14.8 Å². The van der Waals surface area contributed by atoms with Crippen LogP contribution in [0.1, 0.15) is 22.8 Å². The first-order chi connectivity index (χ1) is 14.3. The van der Waals surface area contributed by atoms with Crippen molar-refractivity contribution in [3.63, 3.8) is 0 Å². The molecule has 3 aromatic rings. The highest BCUT2D eigenvalue weighted by molar-refractivity contribution is 5.91. The van der Waals surface area contributed by atoms with E-state index in [2.05, 4.69) is 20.6 Å². The first-order valence-electron chi connectivity index (χ1n) is 8.87. The maximum atomic E-state index is 12.7. The van der Waals surface area contributed by atoms with E-state index >= 15 is 0 Å². The smallest absolute Gasteiger partial charge is 0.416 e. The molecule has 0 aliphatic heterocycles. The van der Waals surface area contributed by atoms with E-state index in [1.165, 1.54) is 18.5 Å². The number of rotatable bonds is 6. The van der Waals surface area contributed by atoms with Crippen molar-refractivity contribution < 1.29 is 22.7 Å². The number of nitrogens with one attached hydrogen (secondary N) is 2. The number of benzene rings is 2. The molecule has 7 nitrogen and oxygen atoms in total. The predicted octanol–water partition coefficient (Wildman–Crippen LogP) is 4.74. The summed E-state index contributed by atoms with van der Waals surface area (Å²) < 4.78 is 43.1. The van der Waals surface area contributed by atoms with Crippen LogP contribution in [0.15, 0.2) is 54.9 Å². The minimum absolute atomic E-state index is 0.152. The van der Waals surface area contributed by atoms with E-state index in [0.29, 0.717) is 16.9 Å². The van der Waals surface area contributed by atoms with Crippen LogP contribution in [0.4, 0.5) is 41.9 Å². The van der Waals surface area contributed by atoms with E-state index in [-0.39, 0.29) is 23.9 Å². The summed E-state index contributed by atoms with van der Waals surface area (Å²) in [6, 6.07) is 11.1. The highest BCUT2D eigenvalue weighted by Gasteiger charge is 2.30. The summed E-state index contributed by atoms with van der Waals surface area (Å²) in [4.78, 5) is 20.0. The summed E-state index contributed by atoms with van der Waals surface area (Å²) >= 11 is 0. The maximum absolute atomic E-state index is 12.7. The fourth-order valence-corrected chi connectivity index (χ4v) is 2.55. The molecule has 2 aromatic carbocycles. The van der Waals surface area contributed by atoms with Gasteiger partial charge in [-0.05, 0) is 49.4 Å². The number of halogens is 3. The van der Waals surface area contributed by atoms with Gasteiger partial charge >= 0.3 is 12.1 Å². The Hall–Kier alpha value is -3.82. The molecule has 0 amide bonds. The predicted molar refractivity (Wildman–Crippen MR) is 107 cm³/mol. The molecular formula is C20H18F3N5O2. The van der Waals surface area contributed by atoms with Crippen LogP contribution in [0.5, 0.6) is 0 Å². The number of esters is 1. The van der Waals surface area contributed by atoms with Crippen LogP contribution in [0.25, 0.3) is 0 Å². The van der Waals surface area contributed by atoms with E-state index in [1.54, 1.807) is 31.2 Å². The van der Waals surface area contributed by atoms with Crippen molar-refractivity contribution in [2.75, 3.05) is 23.0 Å². The second kappa shape index (κ2) is 8.68. The van der Waals surface area contributed by atoms with Crippen molar-refractivity contribution in [2.45, 2.75) is 13.1 Å². The summed E-state index contributed by atoms with van der Waals surface area (Å²) in [6.45, 7) is 1.97. The van der Waals surface area contributed by atoms with Gasteiger partial charge in [-0.15, -0.1) is 0 Å². The topological polar surface area (TPSA) is 102 Å². The zero-order valence-electron chi connectivity index (χ0n) is 15.8. The Kier molecular flexibility index (Phi) is 6.05. The Balaban J connectivity index is 1.79. The average molecular weight is 417 g/mol. The Bertz CT molecular complexity index is 1040. The number of ether oxygens (including phenoxy) is 1. The second-order valence-corrected chi connectivity index (χ2v) is 6.11. The number of nitrogens with two attached hydrogens (primary N) is 1. The lowest BCUT2D eigenvalue weighted by atomic mass is 10.2. The largest absolute Gasteiger partial charge is 0.462 e. The molecule has 0 unspecified atom stereocenters. The van der Waals surface area contributed by atoms with Crippen LogP contribution in [-0.2, 0) is 10.9 Å². The lowest BCUT2D eigenvalue weighted by molar-refractivity contribution is -0.137. The summed E-state index contributed by atoms with van der Waals surface area (Å²) in [7, 11) is 0. The lowest BCUT2D eigenvalue weighted by Crippen LogP contribution is -2.07. The molecule has 0 atom stereocenters. The van der Waals surface area contributed by atoms with Crippen molar-refractivity contribution in [2.24, 2.45) is 0 Å². The molecule has 3 rings (SSSR count). The quantitative estimate of drug-likeness (QED) is 0.498. The third-order valence-corrected chi connectivity index (χ3v) is 4.00. The van der Waals surface area contributed by atoms with Gasteiger partial charge in [0.05, 0.1) is 17.7 Å². The summed E-state index contributed by atoms with van der Waals surface area (Å²) in [5.41, 5.74) is 6.78. The van der Waals surface area contributed by atoms with E-state index in [0.717, 1.165) is 12.1 Å². The van der Waals surface area contributed by atoms with E-state index in [1.807, 2.05) is 0 Å². The van der Waals surface area contributed by atoms with E-state index < -0.39 is 17.7 Å². The fraction of sp³-hybridized carbons (Fsp3) is 0.150. The third-order valence-electron chi connectivity index (χ3n) is 4.00. The zero-order valence-corrected chi connectivity index (χ0v) is 15.8. The van der Waals surface area contributed by atoms with Gasteiger partial charge in [0, 0.05) is 11.4 Å². The van der Waals surface area contributed by atoms with E-state index in [4.69, 9.17) is 10.5 Å². The number of aromatic nitrogens is 2. The number of carbonyl (C=O) groups is 1. The van der Waals surface area contributed by atoms with Gasteiger partial charge in [0.1, 0.15) is 12.0 Å². The minimum atomic E-state index is -4.42. The summed E-state index contributed by atoms with van der Waals surface area (Å²) in [5, 5.41) is 5.86. The zero-order chi connectivity index (χ0) is 21.7. The molecule has 1 aromatic heterocycles. The minimum Gasteiger partial charge on any atom is -0.462 e. The Morgan fingerprint density at radius 1 is 1.03 bits per heavy atom. The highest BCUT2D eigenvalue weighted by Crippen LogP contribution is 2.32. The maximum Gasteiger partial charge on any atom is 0.416 e. The number of nitrogen functional groups attached to an aromatic ring is 1. The molecule has 0 spiro atoms. The van der Waals surface area contributed by atoms with Gasteiger partial charge in [-0.2, -0.15) is 13.2 Å². The van der Waals surface area contributed by atoms with Crippen LogP contribution in [0.2, 0.25) is 0 Å². The van der Waals surface area contributed by atoms with Gasteiger partial charge in [-0.3, -0.25) is 0 Å². The second-order valence-electron chi connectivity index (χ2n) is 6.11. The highest BCUT2D eigenvalue weighted by atomic mass is 19.4. The molecule has 4 N–H and O–H groups in total. The Morgan fingerprint density at radius 3 is 2.27 bits per heavy atom. The van der Waals surface area contributed by atoms with Gasteiger partial charge in [0.2, 0.25) is 0 Å². The van der Waals surface area contributed by atoms with Crippen LogP contribution in [0.3, 0.4) is 0 Å². The van der Waals surface area contributed by atoms with Crippen molar-refractivity contribution in [1.82, 2.24) is 9.97 Å². The van der Waals surface area contributed by atoms with Gasteiger partial charge in [-0.1, -0.05) is 6.07 Å². The molecule has 0 fully saturated rings. The van der Waals surface area contributed by atoms with E-state index in [9.17, 15) is 18.0 Å². The fourth-order valence-electron chi connectivity index (χ4n) is 2.55. The first-order valence-corrected chi connectivity index (χ1v) is 8.87.